The van der Waals surface area contributed by atoms with Crippen LogP contribution in [0.3, 0.4) is 0 Å². The second-order valence-electron chi connectivity index (χ2n) is 4.12. The molecule has 0 amide bonds. The Morgan fingerprint density at radius 1 is 1.52 bits per heavy atom. The standard InChI is InChI=1S/C14H13ClFN3O2/c1-2-21-14(20)10(7-19-9-17-8-18-19)6-11-12(15)4-3-5-13(11)16/h3-6,8-9H,2,7H2,1H3/b10-6+. The number of hydrogen-bond donors (Lipinski definition) is 0. The molecule has 0 aliphatic heterocycles. The summed E-state index contributed by atoms with van der Waals surface area (Å²) in [6.07, 6.45) is 4.17. The highest BCUT2D eigenvalue weighted by molar-refractivity contribution is 6.32. The summed E-state index contributed by atoms with van der Waals surface area (Å²) in [5, 5.41) is 4.13. The number of carbonyl (C=O) groups is 1. The molecule has 2 aromatic rings. The van der Waals surface area contributed by atoms with Crippen LogP contribution in [0.25, 0.3) is 6.08 Å². The second kappa shape index (κ2) is 6.99. The topological polar surface area (TPSA) is 57.0 Å². The van der Waals surface area contributed by atoms with Crippen molar-refractivity contribution < 1.29 is 13.9 Å². The average molecular weight is 310 g/mol. The normalized spacial score (nSPS) is 11.5. The van der Waals surface area contributed by atoms with Crippen LogP contribution < -0.4 is 0 Å². The van der Waals surface area contributed by atoms with Crippen molar-refractivity contribution >= 4 is 23.6 Å². The first-order valence-corrected chi connectivity index (χ1v) is 6.63. The molecule has 0 aliphatic carbocycles. The Labute approximate surface area is 126 Å². The summed E-state index contributed by atoms with van der Waals surface area (Å²) >= 11 is 5.97. The third kappa shape index (κ3) is 3.88. The molecule has 1 aromatic heterocycles. The van der Waals surface area contributed by atoms with E-state index in [1.54, 1.807) is 13.0 Å². The van der Waals surface area contributed by atoms with Crippen LogP contribution >= 0.6 is 11.6 Å². The van der Waals surface area contributed by atoms with Gasteiger partial charge in [0.05, 0.1) is 23.7 Å². The minimum absolute atomic E-state index is 0.115. The van der Waals surface area contributed by atoms with Crippen molar-refractivity contribution in [3.05, 3.63) is 52.8 Å². The molecular formula is C14H13ClFN3O2. The number of benzene rings is 1. The molecule has 1 aromatic carbocycles. The maximum absolute atomic E-state index is 13.8. The summed E-state index contributed by atoms with van der Waals surface area (Å²) in [6, 6.07) is 4.32. The lowest BCUT2D eigenvalue weighted by atomic mass is 10.1. The van der Waals surface area contributed by atoms with Crippen molar-refractivity contribution in [1.82, 2.24) is 14.8 Å². The van der Waals surface area contributed by atoms with E-state index in [0.717, 1.165) is 0 Å². The van der Waals surface area contributed by atoms with E-state index in [1.807, 2.05) is 0 Å². The molecule has 0 spiro atoms. The zero-order valence-corrected chi connectivity index (χ0v) is 12.0. The fourth-order valence-electron chi connectivity index (χ4n) is 1.70. The SMILES string of the molecule is CCOC(=O)/C(=C/c1c(F)cccc1Cl)Cn1cncn1. The number of ether oxygens (including phenoxy) is 1. The molecule has 5 nitrogen and oxygen atoms in total. The third-order valence-corrected chi connectivity index (χ3v) is 2.98. The van der Waals surface area contributed by atoms with Gasteiger partial charge in [0.2, 0.25) is 0 Å². The van der Waals surface area contributed by atoms with Gasteiger partial charge in [-0.05, 0) is 25.1 Å². The monoisotopic (exact) mass is 309 g/mol. The molecule has 1 heterocycles. The van der Waals surface area contributed by atoms with E-state index < -0.39 is 11.8 Å². The van der Waals surface area contributed by atoms with Crippen LogP contribution in [-0.2, 0) is 16.1 Å². The van der Waals surface area contributed by atoms with Crippen molar-refractivity contribution in [3.8, 4) is 0 Å². The number of hydrogen-bond acceptors (Lipinski definition) is 4. The van der Waals surface area contributed by atoms with Gasteiger partial charge < -0.3 is 4.74 Å². The van der Waals surface area contributed by atoms with Gasteiger partial charge in [-0.3, -0.25) is 0 Å². The van der Waals surface area contributed by atoms with Crippen molar-refractivity contribution in [2.24, 2.45) is 0 Å². The Hall–Kier alpha value is -2.21. The molecule has 110 valence electrons. The summed E-state index contributed by atoms with van der Waals surface area (Å²) in [5.41, 5.74) is 0.372. The second-order valence-corrected chi connectivity index (χ2v) is 4.53. The van der Waals surface area contributed by atoms with Gasteiger partial charge in [-0.25, -0.2) is 18.9 Å². The van der Waals surface area contributed by atoms with Gasteiger partial charge in [-0.2, -0.15) is 5.10 Å². The summed E-state index contributed by atoms with van der Waals surface area (Å²) in [7, 11) is 0. The van der Waals surface area contributed by atoms with Crippen LogP contribution in [0, 0.1) is 5.82 Å². The largest absolute Gasteiger partial charge is 0.463 e. The molecule has 7 heteroatoms. The molecule has 0 saturated heterocycles. The quantitative estimate of drug-likeness (QED) is 0.629. The molecular weight excluding hydrogens is 297 g/mol. The van der Waals surface area contributed by atoms with E-state index in [4.69, 9.17) is 16.3 Å². The van der Waals surface area contributed by atoms with Crippen LogP contribution in [0.1, 0.15) is 12.5 Å². The molecule has 0 N–H and O–H groups in total. The van der Waals surface area contributed by atoms with Gasteiger partial charge in [-0.15, -0.1) is 0 Å². The minimum Gasteiger partial charge on any atom is -0.463 e. The van der Waals surface area contributed by atoms with Gasteiger partial charge in [0.25, 0.3) is 0 Å². The Morgan fingerprint density at radius 2 is 2.33 bits per heavy atom. The van der Waals surface area contributed by atoms with E-state index in [1.165, 1.54) is 35.5 Å². The number of rotatable bonds is 5. The number of halogens is 2. The predicted molar refractivity (Wildman–Crippen MR) is 76.0 cm³/mol. The zero-order chi connectivity index (χ0) is 15.2. The number of nitrogens with zero attached hydrogens (tertiary/aromatic N) is 3. The van der Waals surface area contributed by atoms with E-state index >= 15 is 0 Å². The first-order chi connectivity index (χ1) is 10.1. The van der Waals surface area contributed by atoms with Crippen LogP contribution in [0.15, 0.2) is 36.4 Å². The van der Waals surface area contributed by atoms with E-state index in [9.17, 15) is 9.18 Å². The Morgan fingerprint density at radius 3 is 2.95 bits per heavy atom. The summed E-state index contributed by atoms with van der Waals surface area (Å²) in [6.45, 7) is 2.03. The highest BCUT2D eigenvalue weighted by Gasteiger charge is 2.14. The molecule has 0 aliphatic rings. The van der Waals surface area contributed by atoms with Crippen molar-refractivity contribution in [2.45, 2.75) is 13.5 Å². The first kappa shape index (κ1) is 15.2. The molecule has 0 radical (unpaired) electrons. The number of carbonyl (C=O) groups excluding carboxylic acids is 1. The molecule has 0 unspecified atom stereocenters. The van der Waals surface area contributed by atoms with E-state index in [2.05, 4.69) is 10.1 Å². The van der Waals surface area contributed by atoms with Crippen molar-refractivity contribution in [3.63, 3.8) is 0 Å². The van der Waals surface area contributed by atoms with Crippen LogP contribution in [0.2, 0.25) is 5.02 Å². The smallest absolute Gasteiger partial charge is 0.335 e. The fourth-order valence-corrected chi connectivity index (χ4v) is 1.92. The molecule has 0 bridgehead atoms. The highest BCUT2D eigenvalue weighted by Crippen LogP contribution is 2.22. The molecule has 21 heavy (non-hydrogen) atoms. The lowest BCUT2D eigenvalue weighted by Gasteiger charge is -2.08. The molecule has 2 rings (SSSR count). The summed E-state index contributed by atoms with van der Waals surface area (Å²) < 4.78 is 20.2. The Balaban J connectivity index is 2.38. The summed E-state index contributed by atoms with van der Waals surface area (Å²) in [4.78, 5) is 15.8. The van der Waals surface area contributed by atoms with Crippen LogP contribution in [0.4, 0.5) is 4.39 Å². The number of aromatic nitrogens is 3. The Bertz CT molecular complexity index is 636. The maximum Gasteiger partial charge on any atom is 0.335 e. The third-order valence-electron chi connectivity index (χ3n) is 2.65. The Kier molecular flexibility index (Phi) is 5.05. The van der Waals surface area contributed by atoms with E-state index in [-0.39, 0.29) is 29.3 Å². The fraction of sp³-hybridized carbons (Fsp3) is 0.214. The van der Waals surface area contributed by atoms with Crippen molar-refractivity contribution in [2.75, 3.05) is 6.61 Å². The molecule has 0 saturated carbocycles. The molecule has 0 atom stereocenters. The number of esters is 1. The van der Waals surface area contributed by atoms with Gasteiger partial charge in [-0.1, -0.05) is 17.7 Å². The van der Waals surface area contributed by atoms with Gasteiger partial charge in [0.15, 0.2) is 0 Å². The highest BCUT2D eigenvalue weighted by atomic mass is 35.5. The predicted octanol–water partition coefficient (Wildman–Crippen LogP) is 2.72. The van der Waals surface area contributed by atoms with E-state index in [0.29, 0.717) is 0 Å². The summed E-state index contributed by atoms with van der Waals surface area (Å²) in [5.74, 6) is -1.06. The van der Waals surface area contributed by atoms with Gasteiger partial charge >= 0.3 is 5.97 Å². The van der Waals surface area contributed by atoms with Crippen LogP contribution in [-0.4, -0.2) is 27.3 Å². The maximum atomic E-state index is 13.8. The lowest BCUT2D eigenvalue weighted by molar-refractivity contribution is -0.138. The van der Waals surface area contributed by atoms with Crippen LogP contribution in [0.5, 0.6) is 0 Å². The van der Waals surface area contributed by atoms with Gasteiger partial charge in [0, 0.05) is 5.56 Å². The van der Waals surface area contributed by atoms with Crippen molar-refractivity contribution in [1.29, 1.82) is 0 Å². The first-order valence-electron chi connectivity index (χ1n) is 6.26. The van der Waals surface area contributed by atoms with Gasteiger partial charge in [0.1, 0.15) is 18.5 Å². The zero-order valence-electron chi connectivity index (χ0n) is 11.3. The molecule has 0 fully saturated rings. The average Bonchev–Trinajstić information content (AvgIpc) is 2.95. The minimum atomic E-state index is -0.549. The lowest BCUT2D eigenvalue weighted by Crippen LogP contribution is -2.14.